The van der Waals surface area contributed by atoms with E-state index < -0.39 is 0 Å². The minimum Gasteiger partial charge on any atom is -0.488 e. The van der Waals surface area contributed by atoms with Crippen molar-refractivity contribution in [1.82, 2.24) is 34.3 Å². The Morgan fingerprint density at radius 1 is 1.08 bits per heavy atom. The maximum absolute atomic E-state index is 6.20. The van der Waals surface area contributed by atoms with E-state index in [0.717, 1.165) is 52.6 Å². The fraction of sp³-hybridized carbons (Fsp3) is 0.296. The predicted molar refractivity (Wildman–Crippen MR) is 140 cm³/mol. The third-order valence-electron chi connectivity index (χ3n) is 6.21. The van der Waals surface area contributed by atoms with Crippen LogP contribution in [-0.4, -0.2) is 53.6 Å². The zero-order valence-corrected chi connectivity index (χ0v) is 21.0. The minimum absolute atomic E-state index is 0.0492. The Labute approximate surface area is 214 Å². The molecule has 1 fully saturated rings. The highest BCUT2D eigenvalue weighted by atomic mass is 16.5. The Morgan fingerprint density at radius 2 is 1.95 bits per heavy atom. The van der Waals surface area contributed by atoms with Crippen LogP contribution in [0, 0.1) is 0 Å². The molecule has 1 N–H and O–H groups in total. The molecule has 1 aliphatic heterocycles. The molecule has 3 aromatic heterocycles. The third-order valence-corrected chi connectivity index (χ3v) is 6.21. The van der Waals surface area contributed by atoms with E-state index in [2.05, 4.69) is 56.8 Å². The SMILES string of the molecule is CC(C)(C)n1c(-c2ccc(OC3CCOC3)cc2-n2cncn2)nc2cc(Nc3ncccn3)ccc21. The lowest BCUT2D eigenvalue weighted by atomic mass is 10.1. The van der Waals surface area contributed by atoms with Crippen LogP contribution < -0.4 is 10.1 Å². The molecule has 4 heterocycles. The van der Waals surface area contributed by atoms with Gasteiger partial charge in [-0.05, 0) is 57.2 Å². The van der Waals surface area contributed by atoms with E-state index >= 15 is 0 Å². The van der Waals surface area contributed by atoms with Crippen LogP contribution in [0.4, 0.5) is 11.6 Å². The van der Waals surface area contributed by atoms with Gasteiger partial charge in [0, 0.05) is 41.7 Å². The van der Waals surface area contributed by atoms with Gasteiger partial charge in [0.05, 0.1) is 29.9 Å². The van der Waals surface area contributed by atoms with Gasteiger partial charge in [0.1, 0.15) is 30.3 Å². The molecule has 10 heteroatoms. The highest BCUT2D eigenvalue weighted by molar-refractivity contribution is 5.86. The standard InChI is InChI=1S/C27H28N8O2/c1-27(2,3)35-23-8-5-18(32-26-29-10-4-11-30-26)13-22(23)33-25(35)21-7-6-19(37-20-9-12-36-15-20)14-24(21)34-17-28-16-31-34/h4-8,10-11,13-14,16-17,20H,9,12,15H2,1-3H3,(H,29,30,32). The fourth-order valence-corrected chi connectivity index (χ4v) is 4.60. The van der Waals surface area contributed by atoms with E-state index in [4.69, 9.17) is 14.5 Å². The van der Waals surface area contributed by atoms with Crippen molar-refractivity contribution in [2.75, 3.05) is 18.5 Å². The van der Waals surface area contributed by atoms with E-state index in [1.165, 1.54) is 6.33 Å². The second-order valence-corrected chi connectivity index (χ2v) is 9.96. The lowest BCUT2D eigenvalue weighted by Gasteiger charge is -2.25. The first-order chi connectivity index (χ1) is 18.0. The van der Waals surface area contributed by atoms with Crippen molar-refractivity contribution >= 4 is 22.7 Å². The number of imidazole rings is 1. The van der Waals surface area contributed by atoms with Crippen molar-refractivity contribution in [1.29, 1.82) is 0 Å². The first kappa shape index (κ1) is 23.1. The smallest absolute Gasteiger partial charge is 0.227 e. The van der Waals surface area contributed by atoms with Crippen LogP contribution in [-0.2, 0) is 10.3 Å². The van der Waals surface area contributed by atoms with Gasteiger partial charge in [-0.3, -0.25) is 0 Å². The van der Waals surface area contributed by atoms with Crippen molar-refractivity contribution in [2.24, 2.45) is 0 Å². The molecular weight excluding hydrogens is 468 g/mol. The number of fused-ring (bicyclic) bond motifs is 1. The van der Waals surface area contributed by atoms with Crippen LogP contribution >= 0.6 is 0 Å². The summed E-state index contributed by atoms with van der Waals surface area (Å²) in [7, 11) is 0. The number of hydrogen-bond donors (Lipinski definition) is 1. The van der Waals surface area contributed by atoms with E-state index in [-0.39, 0.29) is 11.6 Å². The molecule has 0 spiro atoms. The molecule has 6 rings (SSSR count). The first-order valence-electron chi connectivity index (χ1n) is 12.3. The van der Waals surface area contributed by atoms with E-state index in [1.54, 1.807) is 29.5 Å². The maximum Gasteiger partial charge on any atom is 0.227 e. The van der Waals surface area contributed by atoms with Crippen LogP contribution in [0.25, 0.3) is 28.1 Å². The van der Waals surface area contributed by atoms with Crippen molar-refractivity contribution in [3.05, 3.63) is 67.5 Å². The van der Waals surface area contributed by atoms with E-state index in [1.807, 2.05) is 30.3 Å². The Kier molecular flexibility index (Phi) is 5.80. The van der Waals surface area contributed by atoms with Gasteiger partial charge in [-0.1, -0.05) is 0 Å². The highest BCUT2D eigenvalue weighted by Crippen LogP contribution is 2.36. The molecule has 37 heavy (non-hydrogen) atoms. The third kappa shape index (κ3) is 4.63. The quantitative estimate of drug-likeness (QED) is 0.359. The largest absolute Gasteiger partial charge is 0.488 e. The minimum atomic E-state index is -0.239. The normalized spacial score (nSPS) is 15.8. The van der Waals surface area contributed by atoms with Gasteiger partial charge in [0.15, 0.2) is 0 Å². The van der Waals surface area contributed by atoms with Gasteiger partial charge in [0.2, 0.25) is 5.95 Å². The summed E-state index contributed by atoms with van der Waals surface area (Å²) in [5.74, 6) is 2.13. The second kappa shape index (κ2) is 9.29. The van der Waals surface area contributed by atoms with Crippen LogP contribution in [0.1, 0.15) is 27.2 Å². The van der Waals surface area contributed by atoms with Crippen molar-refractivity contribution < 1.29 is 9.47 Å². The number of benzene rings is 2. The molecule has 2 aromatic carbocycles. The summed E-state index contributed by atoms with van der Waals surface area (Å²) in [6, 6.07) is 13.9. The first-order valence-corrected chi connectivity index (χ1v) is 12.3. The molecule has 0 aliphatic carbocycles. The summed E-state index contributed by atoms with van der Waals surface area (Å²) in [6.45, 7) is 7.85. The molecule has 0 radical (unpaired) electrons. The van der Waals surface area contributed by atoms with Crippen LogP contribution in [0.5, 0.6) is 5.75 Å². The molecule has 10 nitrogen and oxygen atoms in total. The number of nitrogens with one attached hydrogen (secondary N) is 1. The molecule has 188 valence electrons. The summed E-state index contributed by atoms with van der Waals surface area (Å²) in [5.41, 5.74) is 4.27. The fourth-order valence-electron chi connectivity index (χ4n) is 4.60. The molecule has 0 saturated carbocycles. The van der Waals surface area contributed by atoms with Gasteiger partial charge in [-0.15, -0.1) is 0 Å². The zero-order valence-electron chi connectivity index (χ0n) is 21.0. The average molecular weight is 497 g/mol. The van der Waals surface area contributed by atoms with Gasteiger partial charge < -0.3 is 19.4 Å². The van der Waals surface area contributed by atoms with Gasteiger partial charge >= 0.3 is 0 Å². The van der Waals surface area contributed by atoms with Crippen LogP contribution in [0.15, 0.2) is 67.5 Å². The average Bonchev–Trinajstić information content (AvgIpc) is 3.65. The molecule has 1 saturated heterocycles. The summed E-state index contributed by atoms with van der Waals surface area (Å²) in [6.07, 6.45) is 7.56. The van der Waals surface area contributed by atoms with Crippen molar-refractivity contribution in [3.8, 4) is 22.8 Å². The van der Waals surface area contributed by atoms with Crippen LogP contribution in [0.2, 0.25) is 0 Å². The monoisotopic (exact) mass is 496 g/mol. The topological polar surface area (TPSA) is 105 Å². The Balaban J connectivity index is 1.47. The number of ether oxygens (including phenoxy) is 2. The van der Waals surface area contributed by atoms with Crippen molar-refractivity contribution in [3.63, 3.8) is 0 Å². The second-order valence-electron chi connectivity index (χ2n) is 9.96. The van der Waals surface area contributed by atoms with E-state index in [9.17, 15) is 0 Å². The predicted octanol–water partition coefficient (Wildman–Crippen LogP) is 4.74. The molecule has 1 atom stereocenters. The lowest BCUT2D eigenvalue weighted by molar-refractivity contribution is 0.141. The molecule has 0 amide bonds. The van der Waals surface area contributed by atoms with Gasteiger partial charge in [-0.2, -0.15) is 5.10 Å². The summed E-state index contributed by atoms with van der Waals surface area (Å²) < 4.78 is 15.7. The van der Waals surface area contributed by atoms with Gasteiger partial charge in [-0.25, -0.2) is 24.6 Å². The Hall–Kier alpha value is -4.31. The molecular formula is C27H28N8O2. The highest BCUT2D eigenvalue weighted by Gasteiger charge is 2.26. The molecule has 5 aromatic rings. The Morgan fingerprint density at radius 3 is 2.68 bits per heavy atom. The van der Waals surface area contributed by atoms with Crippen LogP contribution in [0.3, 0.4) is 0 Å². The number of hydrogen-bond acceptors (Lipinski definition) is 8. The number of anilines is 2. The summed E-state index contributed by atoms with van der Waals surface area (Å²) in [5, 5.41) is 7.67. The molecule has 0 bridgehead atoms. The molecule has 1 unspecified atom stereocenters. The lowest BCUT2D eigenvalue weighted by Crippen LogP contribution is -2.23. The van der Waals surface area contributed by atoms with Crippen molar-refractivity contribution in [2.45, 2.75) is 38.8 Å². The summed E-state index contributed by atoms with van der Waals surface area (Å²) in [4.78, 5) is 17.8. The number of nitrogens with zero attached hydrogens (tertiary/aromatic N) is 7. The zero-order chi connectivity index (χ0) is 25.4. The molecule has 1 aliphatic rings. The maximum atomic E-state index is 6.20. The Bertz CT molecular complexity index is 1520. The van der Waals surface area contributed by atoms with Gasteiger partial charge in [0.25, 0.3) is 0 Å². The summed E-state index contributed by atoms with van der Waals surface area (Å²) >= 11 is 0. The number of aromatic nitrogens is 7. The number of rotatable bonds is 6. The van der Waals surface area contributed by atoms with E-state index in [0.29, 0.717) is 12.6 Å².